The molecule has 1 N–H and O–H groups in total. The quantitative estimate of drug-likeness (QED) is 0.532. The van der Waals surface area contributed by atoms with E-state index in [2.05, 4.69) is 25.4 Å². The zero-order valence-corrected chi connectivity index (χ0v) is 17.7. The Morgan fingerprint density at radius 3 is 2.84 bits per heavy atom. The molecule has 1 aliphatic carbocycles. The van der Waals surface area contributed by atoms with Crippen molar-refractivity contribution in [3.8, 4) is 0 Å². The fourth-order valence-electron chi connectivity index (χ4n) is 3.61. The molecule has 0 amide bonds. The van der Waals surface area contributed by atoms with Crippen molar-refractivity contribution in [3.63, 3.8) is 0 Å². The zero-order valence-electron chi connectivity index (χ0n) is 16.8. The summed E-state index contributed by atoms with van der Waals surface area (Å²) >= 11 is 0. The highest BCUT2D eigenvalue weighted by atomic mass is 32.2. The summed E-state index contributed by atoms with van der Waals surface area (Å²) in [5.74, 6) is 1.13. The summed E-state index contributed by atoms with van der Waals surface area (Å²) in [6.45, 7) is 1.49. The minimum Gasteiger partial charge on any atom is -0.379 e. The Kier molecular flexibility index (Phi) is 5.18. The van der Waals surface area contributed by atoms with Crippen LogP contribution in [0.4, 0.5) is 5.95 Å². The molecular weight excluding hydrogens is 422 g/mol. The first-order valence-corrected chi connectivity index (χ1v) is 12.0. The third-order valence-electron chi connectivity index (χ3n) is 5.49. The van der Waals surface area contributed by atoms with Crippen LogP contribution in [0.3, 0.4) is 0 Å². The molecule has 1 saturated carbocycles. The van der Waals surface area contributed by atoms with Gasteiger partial charge in [0.15, 0.2) is 5.82 Å². The Morgan fingerprint density at radius 1 is 1.19 bits per heavy atom. The van der Waals surface area contributed by atoms with Crippen LogP contribution in [0.25, 0.3) is 11.0 Å². The van der Waals surface area contributed by atoms with Gasteiger partial charge in [0.05, 0.1) is 18.4 Å². The van der Waals surface area contributed by atoms with Crippen molar-refractivity contribution in [2.75, 3.05) is 24.3 Å². The van der Waals surface area contributed by atoms with Gasteiger partial charge in [-0.1, -0.05) is 0 Å². The molecule has 4 heterocycles. The van der Waals surface area contributed by atoms with E-state index in [9.17, 15) is 13.2 Å². The predicted octanol–water partition coefficient (Wildman–Crippen LogP) is 0.729. The first-order chi connectivity index (χ1) is 15.0. The lowest BCUT2D eigenvalue weighted by Crippen LogP contribution is -2.25. The van der Waals surface area contributed by atoms with Crippen LogP contribution in [-0.4, -0.2) is 62.1 Å². The van der Waals surface area contributed by atoms with Crippen LogP contribution >= 0.6 is 0 Å². The van der Waals surface area contributed by atoms with Crippen molar-refractivity contribution < 1.29 is 13.2 Å². The number of anilines is 1. The highest BCUT2D eigenvalue weighted by Crippen LogP contribution is 2.37. The second kappa shape index (κ2) is 8.00. The maximum absolute atomic E-state index is 12.6. The molecule has 5 rings (SSSR count). The molecule has 1 unspecified atom stereocenters. The lowest BCUT2D eigenvalue weighted by atomic mass is 10.3. The summed E-state index contributed by atoms with van der Waals surface area (Å²) in [5.41, 5.74) is 0.230. The Morgan fingerprint density at radius 2 is 2.06 bits per heavy atom. The fraction of sp³-hybridized carbons (Fsp3) is 0.526. The van der Waals surface area contributed by atoms with E-state index in [1.54, 1.807) is 12.3 Å². The van der Waals surface area contributed by atoms with E-state index in [1.807, 2.05) is 0 Å². The van der Waals surface area contributed by atoms with Crippen molar-refractivity contribution in [3.05, 3.63) is 40.8 Å². The van der Waals surface area contributed by atoms with Gasteiger partial charge in [0.1, 0.15) is 12.0 Å². The molecule has 2 aliphatic rings. The third-order valence-corrected chi connectivity index (χ3v) is 7.04. The van der Waals surface area contributed by atoms with Crippen molar-refractivity contribution in [2.24, 2.45) is 0 Å². The predicted molar refractivity (Wildman–Crippen MR) is 112 cm³/mol. The minimum absolute atomic E-state index is 0.134. The summed E-state index contributed by atoms with van der Waals surface area (Å²) in [6.07, 6.45) is 6.02. The van der Waals surface area contributed by atoms with Gasteiger partial charge in [0, 0.05) is 36.7 Å². The lowest BCUT2D eigenvalue weighted by molar-refractivity contribution is 0.195. The van der Waals surface area contributed by atoms with Gasteiger partial charge in [-0.25, -0.2) is 18.4 Å². The van der Waals surface area contributed by atoms with Gasteiger partial charge in [0.2, 0.25) is 5.95 Å². The van der Waals surface area contributed by atoms with E-state index in [1.165, 1.54) is 17.0 Å². The molecule has 3 aromatic heterocycles. The minimum atomic E-state index is -3.64. The number of ether oxygens (including phenoxy) is 1. The highest BCUT2D eigenvalue weighted by Gasteiger charge is 2.29. The number of aromatic nitrogens is 6. The van der Waals surface area contributed by atoms with Gasteiger partial charge in [-0.15, -0.1) is 9.19 Å². The molecule has 0 aromatic carbocycles. The number of nitrogens with zero attached hydrogens (tertiary/aromatic N) is 6. The van der Waals surface area contributed by atoms with E-state index >= 15 is 0 Å². The van der Waals surface area contributed by atoms with Crippen LogP contribution in [-0.2, 0) is 21.3 Å². The molecule has 0 bridgehead atoms. The van der Waals surface area contributed by atoms with Crippen LogP contribution in [0.1, 0.15) is 37.4 Å². The molecule has 1 saturated heterocycles. The van der Waals surface area contributed by atoms with Crippen LogP contribution in [0, 0.1) is 0 Å². The Labute approximate surface area is 178 Å². The van der Waals surface area contributed by atoms with Crippen molar-refractivity contribution in [1.29, 1.82) is 0 Å². The second-order valence-corrected chi connectivity index (χ2v) is 9.87. The van der Waals surface area contributed by atoms with E-state index in [-0.39, 0.29) is 36.2 Å². The van der Waals surface area contributed by atoms with E-state index in [0.717, 1.165) is 23.3 Å². The van der Waals surface area contributed by atoms with Crippen LogP contribution in [0.2, 0.25) is 0 Å². The molecule has 0 spiro atoms. The third kappa shape index (κ3) is 4.30. The Hall–Kier alpha value is -2.86. The molecule has 0 radical (unpaired) electrons. The average Bonchev–Trinajstić information content (AvgIpc) is 3.24. The number of fused-ring (bicyclic) bond motifs is 1. The number of hydrogen-bond donors (Lipinski definition) is 1. The first kappa shape index (κ1) is 20.1. The summed E-state index contributed by atoms with van der Waals surface area (Å²) in [5, 5.41) is 8.04. The molecule has 11 nitrogen and oxygen atoms in total. The largest absolute Gasteiger partial charge is 0.379 e. The topological polar surface area (TPSA) is 134 Å². The van der Waals surface area contributed by atoms with Crippen molar-refractivity contribution in [2.45, 2.75) is 44.2 Å². The zero-order chi connectivity index (χ0) is 21.4. The smallest absolute Gasteiger partial charge is 0.255 e. The molecular formula is C19H23N7O4S. The molecule has 2 fully saturated rings. The maximum Gasteiger partial charge on any atom is 0.255 e. The molecule has 1 atom stereocenters. The Bertz CT molecular complexity index is 1260. The van der Waals surface area contributed by atoms with E-state index < -0.39 is 10.0 Å². The van der Waals surface area contributed by atoms with Gasteiger partial charge >= 0.3 is 0 Å². The Balaban J connectivity index is 1.32. The number of aryl methyl sites for hydroxylation is 1. The van der Waals surface area contributed by atoms with Gasteiger partial charge in [0.25, 0.3) is 15.6 Å². The SMILES string of the molecule is O=c1ccc2cnc(NC3CCOC3)nc2n1CCCS(=O)(=O)n1cnc(C2CC2)n1. The summed E-state index contributed by atoms with van der Waals surface area (Å²) in [4.78, 5) is 25.4. The number of rotatable bonds is 8. The number of pyridine rings is 1. The molecule has 31 heavy (non-hydrogen) atoms. The molecule has 3 aromatic rings. The highest BCUT2D eigenvalue weighted by molar-refractivity contribution is 7.89. The number of nitrogens with one attached hydrogen (secondary N) is 1. The lowest BCUT2D eigenvalue weighted by Gasteiger charge is -2.13. The average molecular weight is 446 g/mol. The standard InChI is InChI=1S/C19H23N7O4S/c27-16-5-4-14-10-20-19(22-15-6-8-30-11-15)23-18(14)25(16)7-1-9-31(28,29)26-12-21-17(24-26)13-2-3-13/h4-5,10,12-13,15H,1-3,6-9,11H2,(H,20,22,23). The molecule has 164 valence electrons. The summed E-state index contributed by atoms with van der Waals surface area (Å²) < 4.78 is 33.0. The number of hydrogen-bond acceptors (Lipinski definition) is 9. The second-order valence-electron chi connectivity index (χ2n) is 7.92. The van der Waals surface area contributed by atoms with Gasteiger partial charge in [-0.3, -0.25) is 9.36 Å². The van der Waals surface area contributed by atoms with Crippen LogP contribution < -0.4 is 10.9 Å². The monoisotopic (exact) mass is 445 g/mol. The molecule has 1 aliphatic heterocycles. The normalized spacial score (nSPS) is 19.2. The van der Waals surface area contributed by atoms with Crippen LogP contribution in [0.5, 0.6) is 0 Å². The first-order valence-electron chi connectivity index (χ1n) is 10.4. The van der Waals surface area contributed by atoms with Crippen molar-refractivity contribution in [1.82, 2.24) is 28.7 Å². The fourth-order valence-corrected chi connectivity index (χ4v) is 4.69. The molecule has 12 heteroatoms. The van der Waals surface area contributed by atoms with Crippen molar-refractivity contribution >= 4 is 27.0 Å². The van der Waals surface area contributed by atoms with E-state index in [4.69, 9.17) is 4.74 Å². The summed E-state index contributed by atoms with van der Waals surface area (Å²) in [6, 6.07) is 3.24. The van der Waals surface area contributed by atoms with Gasteiger partial charge in [-0.2, -0.15) is 4.98 Å². The van der Waals surface area contributed by atoms with E-state index in [0.29, 0.717) is 36.0 Å². The summed E-state index contributed by atoms with van der Waals surface area (Å²) in [7, 11) is -3.64. The maximum atomic E-state index is 12.6. The van der Waals surface area contributed by atoms with Gasteiger partial charge < -0.3 is 10.1 Å². The van der Waals surface area contributed by atoms with Gasteiger partial charge in [-0.05, 0) is 31.7 Å². The van der Waals surface area contributed by atoms with Crippen LogP contribution in [0.15, 0.2) is 29.5 Å².